The molecule has 0 aromatic heterocycles. The number of hydrogen-bond donors (Lipinski definition) is 1. The molecule has 0 aliphatic rings. The van der Waals surface area contributed by atoms with Gasteiger partial charge in [0.05, 0.1) is 0 Å². The van der Waals surface area contributed by atoms with Crippen molar-refractivity contribution in [2.45, 2.75) is 40.5 Å². The molecule has 3 heteroatoms. The predicted molar refractivity (Wildman–Crippen MR) is 84.9 cm³/mol. The normalized spacial score (nSPS) is 11.8. The van der Waals surface area contributed by atoms with Crippen LogP contribution in [0, 0.1) is 5.41 Å². The molecule has 2 N–H and O–H groups in total. The standard InChI is InChI=1S/C17H28N2O/c1-6-19(12-17(4,5)11-18)16(20)15-9-7-14(8-10-15)13(2)3/h7-10,13H,6,11-12,18H2,1-5H3. The second-order valence-electron chi connectivity index (χ2n) is 6.46. The fourth-order valence-electron chi connectivity index (χ4n) is 2.10. The molecule has 0 saturated heterocycles. The Kier molecular flexibility index (Phi) is 5.75. The fourth-order valence-corrected chi connectivity index (χ4v) is 2.10. The molecule has 0 fully saturated rings. The SMILES string of the molecule is CCN(CC(C)(C)CN)C(=O)c1ccc(C(C)C)cc1. The quantitative estimate of drug-likeness (QED) is 0.867. The van der Waals surface area contributed by atoms with Crippen molar-refractivity contribution in [2.75, 3.05) is 19.6 Å². The number of carbonyl (C=O) groups is 1. The molecule has 0 radical (unpaired) electrons. The van der Waals surface area contributed by atoms with Gasteiger partial charge in [-0.3, -0.25) is 4.79 Å². The van der Waals surface area contributed by atoms with E-state index in [1.165, 1.54) is 5.56 Å². The van der Waals surface area contributed by atoms with Gasteiger partial charge in [0.25, 0.3) is 5.91 Å². The minimum Gasteiger partial charge on any atom is -0.338 e. The number of carbonyl (C=O) groups excluding carboxylic acids is 1. The van der Waals surface area contributed by atoms with Crippen LogP contribution in [-0.4, -0.2) is 30.4 Å². The van der Waals surface area contributed by atoms with Crippen LogP contribution in [0.2, 0.25) is 0 Å². The smallest absolute Gasteiger partial charge is 0.253 e. The Bertz CT molecular complexity index is 435. The third-order valence-corrected chi connectivity index (χ3v) is 3.66. The zero-order valence-corrected chi connectivity index (χ0v) is 13.4. The topological polar surface area (TPSA) is 46.3 Å². The predicted octanol–water partition coefficient (Wildman–Crippen LogP) is 3.26. The van der Waals surface area contributed by atoms with Gasteiger partial charge in [0.1, 0.15) is 0 Å². The summed E-state index contributed by atoms with van der Waals surface area (Å²) in [6.45, 7) is 12.4. The Labute approximate surface area is 123 Å². The minimum absolute atomic E-state index is 0.0520. The van der Waals surface area contributed by atoms with E-state index in [-0.39, 0.29) is 11.3 Å². The van der Waals surface area contributed by atoms with Crippen LogP contribution < -0.4 is 5.73 Å². The summed E-state index contributed by atoms with van der Waals surface area (Å²) in [4.78, 5) is 14.4. The summed E-state index contributed by atoms with van der Waals surface area (Å²) in [7, 11) is 0. The summed E-state index contributed by atoms with van der Waals surface area (Å²) in [5.41, 5.74) is 7.72. The fraction of sp³-hybridized carbons (Fsp3) is 0.588. The second-order valence-corrected chi connectivity index (χ2v) is 6.46. The van der Waals surface area contributed by atoms with Crippen molar-refractivity contribution >= 4 is 5.91 Å². The van der Waals surface area contributed by atoms with Crippen LogP contribution in [0.15, 0.2) is 24.3 Å². The number of nitrogens with two attached hydrogens (primary N) is 1. The van der Waals surface area contributed by atoms with Crippen molar-refractivity contribution in [2.24, 2.45) is 11.1 Å². The van der Waals surface area contributed by atoms with Crippen molar-refractivity contribution in [1.29, 1.82) is 0 Å². The number of nitrogens with zero attached hydrogens (tertiary/aromatic N) is 1. The molecule has 0 aliphatic carbocycles. The molecule has 0 aliphatic heterocycles. The van der Waals surface area contributed by atoms with Crippen molar-refractivity contribution in [3.63, 3.8) is 0 Å². The molecular formula is C17H28N2O. The largest absolute Gasteiger partial charge is 0.338 e. The molecular weight excluding hydrogens is 248 g/mol. The van der Waals surface area contributed by atoms with E-state index in [1.54, 1.807) is 0 Å². The Morgan fingerprint density at radius 3 is 2.20 bits per heavy atom. The maximum Gasteiger partial charge on any atom is 0.253 e. The van der Waals surface area contributed by atoms with Crippen molar-refractivity contribution < 1.29 is 4.79 Å². The van der Waals surface area contributed by atoms with E-state index in [0.717, 1.165) is 5.56 Å². The Morgan fingerprint density at radius 2 is 1.80 bits per heavy atom. The van der Waals surface area contributed by atoms with Gasteiger partial charge in [-0.05, 0) is 42.5 Å². The van der Waals surface area contributed by atoms with Gasteiger partial charge < -0.3 is 10.6 Å². The molecule has 0 bridgehead atoms. The molecule has 0 spiro atoms. The van der Waals surface area contributed by atoms with Crippen LogP contribution in [0.3, 0.4) is 0 Å². The number of benzene rings is 1. The molecule has 0 atom stereocenters. The monoisotopic (exact) mass is 276 g/mol. The average molecular weight is 276 g/mol. The van der Waals surface area contributed by atoms with Crippen molar-refractivity contribution in [3.05, 3.63) is 35.4 Å². The highest BCUT2D eigenvalue weighted by Gasteiger charge is 2.23. The van der Waals surface area contributed by atoms with Gasteiger partial charge in [0.2, 0.25) is 0 Å². The zero-order chi connectivity index (χ0) is 15.3. The molecule has 3 nitrogen and oxygen atoms in total. The van der Waals surface area contributed by atoms with Gasteiger partial charge in [-0.25, -0.2) is 0 Å². The first kappa shape index (κ1) is 16.7. The average Bonchev–Trinajstić information content (AvgIpc) is 2.44. The minimum atomic E-state index is -0.0520. The zero-order valence-electron chi connectivity index (χ0n) is 13.4. The molecule has 20 heavy (non-hydrogen) atoms. The molecule has 1 aromatic rings. The Hall–Kier alpha value is -1.35. The lowest BCUT2D eigenvalue weighted by molar-refractivity contribution is 0.0701. The lowest BCUT2D eigenvalue weighted by Crippen LogP contribution is -2.41. The van der Waals surface area contributed by atoms with Gasteiger partial charge in [-0.2, -0.15) is 0 Å². The lowest BCUT2D eigenvalue weighted by atomic mass is 9.92. The van der Waals surface area contributed by atoms with E-state index >= 15 is 0 Å². The molecule has 1 amide bonds. The summed E-state index contributed by atoms with van der Waals surface area (Å²) < 4.78 is 0. The summed E-state index contributed by atoms with van der Waals surface area (Å²) in [5.74, 6) is 0.571. The van der Waals surface area contributed by atoms with E-state index in [0.29, 0.717) is 25.6 Å². The molecule has 0 unspecified atom stereocenters. The number of amides is 1. The van der Waals surface area contributed by atoms with E-state index in [4.69, 9.17) is 5.73 Å². The highest BCUT2D eigenvalue weighted by atomic mass is 16.2. The Balaban J connectivity index is 2.86. The van der Waals surface area contributed by atoms with Gasteiger partial charge in [0.15, 0.2) is 0 Å². The van der Waals surface area contributed by atoms with E-state index in [1.807, 2.05) is 36.1 Å². The summed E-state index contributed by atoms with van der Waals surface area (Å²) in [5, 5.41) is 0. The van der Waals surface area contributed by atoms with Crippen molar-refractivity contribution in [1.82, 2.24) is 4.90 Å². The first-order valence-electron chi connectivity index (χ1n) is 7.40. The van der Waals surface area contributed by atoms with Gasteiger partial charge in [-0.15, -0.1) is 0 Å². The van der Waals surface area contributed by atoms with Crippen LogP contribution in [0.1, 0.15) is 56.5 Å². The first-order chi connectivity index (χ1) is 9.30. The molecule has 1 rings (SSSR count). The van der Waals surface area contributed by atoms with Gasteiger partial charge >= 0.3 is 0 Å². The van der Waals surface area contributed by atoms with Crippen LogP contribution in [0.5, 0.6) is 0 Å². The van der Waals surface area contributed by atoms with Crippen LogP contribution in [0.4, 0.5) is 0 Å². The molecule has 1 aromatic carbocycles. The summed E-state index contributed by atoms with van der Waals surface area (Å²) >= 11 is 0. The third-order valence-electron chi connectivity index (χ3n) is 3.66. The lowest BCUT2D eigenvalue weighted by Gasteiger charge is -2.31. The van der Waals surface area contributed by atoms with E-state index in [2.05, 4.69) is 27.7 Å². The van der Waals surface area contributed by atoms with Crippen LogP contribution >= 0.6 is 0 Å². The van der Waals surface area contributed by atoms with Crippen LogP contribution in [0.25, 0.3) is 0 Å². The maximum atomic E-state index is 12.5. The Morgan fingerprint density at radius 1 is 1.25 bits per heavy atom. The maximum absolute atomic E-state index is 12.5. The third kappa shape index (κ3) is 4.34. The highest BCUT2D eigenvalue weighted by Crippen LogP contribution is 2.19. The van der Waals surface area contributed by atoms with Gasteiger partial charge in [-0.1, -0.05) is 39.8 Å². The van der Waals surface area contributed by atoms with E-state index in [9.17, 15) is 4.79 Å². The van der Waals surface area contributed by atoms with E-state index < -0.39 is 0 Å². The van der Waals surface area contributed by atoms with Crippen molar-refractivity contribution in [3.8, 4) is 0 Å². The molecule has 0 saturated carbocycles. The number of hydrogen-bond acceptors (Lipinski definition) is 2. The molecule has 112 valence electrons. The van der Waals surface area contributed by atoms with Crippen LogP contribution in [-0.2, 0) is 0 Å². The summed E-state index contributed by atoms with van der Waals surface area (Å²) in [6.07, 6.45) is 0. The highest BCUT2D eigenvalue weighted by molar-refractivity contribution is 5.94. The summed E-state index contributed by atoms with van der Waals surface area (Å²) in [6, 6.07) is 7.94. The first-order valence-corrected chi connectivity index (χ1v) is 7.40. The molecule has 0 heterocycles. The van der Waals surface area contributed by atoms with Gasteiger partial charge in [0, 0.05) is 18.7 Å². The number of rotatable bonds is 6. The second kappa shape index (κ2) is 6.89.